The summed E-state index contributed by atoms with van der Waals surface area (Å²) in [6, 6.07) is 0. The van der Waals surface area contributed by atoms with E-state index < -0.39 is 116 Å². The predicted molar refractivity (Wildman–Crippen MR) is 220 cm³/mol. The summed E-state index contributed by atoms with van der Waals surface area (Å²) in [4.78, 5) is 13.1. The van der Waals surface area contributed by atoms with Crippen molar-refractivity contribution in [1.82, 2.24) is 0 Å². The second-order valence-electron chi connectivity index (χ2n) is 22.4. The highest BCUT2D eigenvalue weighted by molar-refractivity contribution is 5.76. The Kier molecular flexibility index (Phi) is 13.0. The number of hydrogen-bond acceptors (Lipinski definition) is 16. The number of hydrogen-bond donors (Lipinski definition) is 10. The number of aliphatic hydroxyl groups is 9. The van der Waals surface area contributed by atoms with E-state index in [1.807, 2.05) is 6.92 Å². The Morgan fingerprint density at radius 2 is 1.33 bits per heavy atom. The van der Waals surface area contributed by atoms with Gasteiger partial charge >= 0.3 is 5.97 Å². The van der Waals surface area contributed by atoms with Crippen LogP contribution in [-0.2, 0) is 33.2 Å². The molecule has 17 heteroatoms. The van der Waals surface area contributed by atoms with Crippen LogP contribution in [0.5, 0.6) is 0 Å². The summed E-state index contributed by atoms with van der Waals surface area (Å²) in [7, 11) is 0. The zero-order valence-electron chi connectivity index (χ0n) is 37.6. The molecule has 0 bridgehead atoms. The van der Waals surface area contributed by atoms with Gasteiger partial charge in [-0.05, 0) is 104 Å². The van der Waals surface area contributed by atoms with Crippen LogP contribution in [0, 0.1) is 50.2 Å². The highest BCUT2D eigenvalue weighted by Gasteiger charge is 2.70. The van der Waals surface area contributed by atoms with Gasteiger partial charge in [0, 0.05) is 5.41 Å². The highest BCUT2D eigenvalue weighted by Crippen LogP contribution is 2.76. The lowest BCUT2D eigenvalue weighted by Gasteiger charge is -2.71. The van der Waals surface area contributed by atoms with Crippen LogP contribution in [0.1, 0.15) is 106 Å². The molecular weight excluding hydrogens is 824 g/mol. The van der Waals surface area contributed by atoms with E-state index in [0.717, 1.165) is 44.9 Å². The van der Waals surface area contributed by atoms with Crippen molar-refractivity contribution in [3.8, 4) is 0 Å². The van der Waals surface area contributed by atoms with Crippen LogP contribution < -0.4 is 0 Å². The van der Waals surface area contributed by atoms with Crippen LogP contribution in [0.25, 0.3) is 0 Å². The third-order valence-corrected chi connectivity index (χ3v) is 18.7. The molecule has 63 heavy (non-hydrogen) atoms. The van der Waals surface area contributed by atoms with Gasteiger partial charge in [-0.15, -0.1) is 0 Å². The van der Waals surface area contributed by atoms with E-state index >= 15 is 0 Å². The molecule has 4 saturated carbocycles. The van der Waals surface area contributed by atoms with Crippen LogP contribution in [-0.4, -0.2) is 169 Å². The second-order valence-corrected chi connectivity index (χ2v) is 22.4. The van der Waals surface area contributed by atoms with Gasteiger partial charge < -0.3 is 79.5 Å². The van der Waals surface area contributed by atoms with Crippen LogP contribution in [0.3, 0.4) is 0 Å². The molecule has 360 valence electrons. The lowest BCUT2D eigenvalue weighted by atomic mass is 9.33. The molecule has 0 aromatic rings. The maximum atomic E-state index is 13.1. The number of aliphatic hydroxyl groups excluding tert-OH is 9. The second kappa shape index (κ2) is 17.0. The van der Waals surface area contributed by atoms with Gasteiger partial charge in [0.15, 0.2) is 18.9 Å². The molecule has 7 fully saturated rings. The number of rotatable bonds is 9. The Labute approximate surface area is 369 Å². The molecule has 0 unspecified atom stereocenters. The van der Waals surface area contributed by atoms with Gasteiger partial charge in [-0.1, -0.05) is 53.2 Å². The number of carbonyl (C=O) groups is 1. The predicted octanol–water partition coefficient (Wildman–Crippen LogP) is 0.957. The van der Waals surface area contributed by atoms with Crippen molar-refractivity contribution in [2.45, 2.75) is 192 Å². The summed E-state index contributed by atoms with van der Waals surface area (Å²) in [5.41, 5.74) is -0.681. The lowest BCUT2D eigenvalue weighted by Crippen LogP contribution is -2.67. The van der Waals surface area contributed by atoms with E-state index in [9.17, 15) is 55.9 Å². The lowest BCUT2D eigenvalue weighted by molar-refractivity contribution is -0.389. The first kappa shape index (κ1) is 48.1. The minimum Gasteiger partial charge on any atom is -0.481 e. The normalized spacial score (nSPS) is 54.5. The van der Waals surface area contributed by atoms with Crippen LogP contribution in [0.15, 0.2) is 11.6 Å². The van der Waals surface area contributed by atoms with E-state index in [2.05, 4.69) is 40.7 Å². The van der Waals surface area contributed by atoms with Crippen molar-refractivity contribution in [3.05, 3.63) is 11.6 Å². The summed E-state index contributed by atoms with van der Waals surface area (Å²) >= 11 is 0. The zero-order valence-corrected chi connectivity index (χ0v) is 37.6. The van der Waals surface area contributed by atoms with E-state index in [1.165, 1.54) is 5.57 Å². The zero-order chi connectivity index (χ0) is 45.8. The van der Waals surface area contributed by atoms with Gasteiger partial charge in [0.05, 0.1) is 37.9 Å². The molecule has 0 aromatic heterocycles. The molecule has 3 heterocycles. The smallest absolute Gasteiger partial charge is 0.310 e. The Bertz CT molecular complexity index is 1710. The maximum Gasteiger partial charge on any atom is 0.310 e. The van der Waals surface area contributed by atoms with Crippen molar-refractivity contribution in [2.75, 3.05) is 26.4 Å². The molecule has 8 aliphatic rings. The highest BCUT2D eigenvalue weighted by atomic mass is 16.8. The molecule has 3 saturated heterocycles. The molecular formula is C46H74O17. The van der Waals surface area contributed by atoms with E-state index in [1.54, 1.807) is 0 Å². The molecule has 0 radical (unpaired) electrons. The van der Waals surface area contributed by atoms with Crippen molar-refractivity contribution in [3.63, 3.8) is 0 Å². The molecule has 3 aliphatic heterocycles. The summed E-state index contributed by atoms with van der Waals surface area (Å²) < 4.78 is 36.1. The monoisotopic (exact) mass is 898 g/mol. The van der Waals surface area contributed by atoms with Gasteiger partial charge in [-0.3, -0.25) is 4.79 Å². The SMILES string of the molecule is CC1(C)CC[C@]2(C(=O)O)CC[C@]3(C)C(=CC[C@@H]4[C@@]5(C)CC[C@H](O[C@@H]6OC[C@H](O)[C@H](O)[C@H]6O[C@@H]6O[C@H](CO)[C@@H](O)[C@H](O)[C@H]6O[C@@H]6OC[C@H](O)[C@H](O)[C@H]6O)[C@@](C)(CO)[C@@H]5CC[C@]43C)[C@H]2C1. The fraction of sp³-hybridized carbons (Fsp3) is 0.935. The third kappa shape index (κ3) is 7.50. The maximum absolute atomic E-state index is 13.1. The molecule has 10 N–H and O–H groups in total. The van der Waals surface area contributed by atoms with Crippen molar-refractivity contribution in [2.24, 2.45) is 50.2 Å². The Morgan fingerprint density at radius 3 is 2.00 bits per heavy atom. The molecule has 0 spiro atoms. The van der Waals surface area contributed by atoms with Gasteiger partial charge in [0.2, 0.25) is 0 Å². The number of carboxylic acid groups (broad SMARTS) is 1. The summed E-state index contributed by atoms with van der Waals surface area (Å²) in [5.74, 6) is -0.430. The minimum atomic E-state index is -1.81. The Balaban J connectivity index is 1.04. The number of fused-ring (bicyclic) bond motifs is 7. The third-order valence-electron chi connectivity index (χ3n) is 18.7. The number of allylic oxidation sites excluding steroid dienone is 2. The molecule has 22 atom stereocenters. The number of carboxylic acids is 1. The van der Waals surface area contributed by atoms with E-state index in [-0.39, 0.29) is 52.6 Å². The molecule has 8 rings (SSSR count). The van der Waals surface area contributed by atoms with Crippen molar-refractivity contribution >= 4 is 5.97 Å². The quantitative estimate of drug-likeness (QED) is 0.114. The first-order valence-corrected chi connectivity index (χ1v) is 23.3. The van der Waals surface area contributed by atoms with Crippen LogP contribution in [0.4, 0.5) is 0 Å². The number of aliphatic carboxylic acids is 1. The summed E-state index contributed by atoms with van der Waals surface area (Å²) in [5, 5.41) is 107. The molecule has 0 amide bonds. The van der Waals surface area contributed by atoms with Crippen molar-refractivity contribution < 1.29 is 84.3 Å². The fourth-order valence-corrected chi connectivity index (χ4v) is 14.6. The summed E-state index contributed by atoms with van der Waals surface area (Å²) in [6.45, 7) is 12.1. The Morgan fingerprint density at radius 1 is 0.698 bits per heavy atom. The average Bonchev–Trinajstić information content (AvgIpc) is 3.23. The largest absolute Gasteiger partial charge is 0.481 e. The summed E-state index contributed by atoms with van der Waals surface area (Å²) in [6.07, 6.45) is -11.1. The fourth-order valence-electron chi connectivity index (χ4n) is 14.6. The standard InChI is InChI=1S/C46H74O17/c1-41(2)13-15-46(40(56)57)16-14-44(5)22(23(46)17-41)7-8-28-42(3)11-10-29(43(4,21-48)27(42)9-12-45(28,44)6)61-38-35(31(52)25(50)20-59-38)63-39-36(33(54)32(53)26(18-47)60-39)62-37-34(55)30(51)24(49)19-58-37/h7,23-39,47-55H,8-21H2,1-6H3,(H,56,57)/t23-,24+,25+,26-,27-,28-,29+,30+,31+,32-,33+,34-,35-,36-,37+,38+,39+,42+,43+,44-,45-,46+/m1/s1. The topological polar surface area (TPSA) is 275 Å². The number of ether oxygens (including phenoxy) is 6. The first-order chi connectivity index (χ1) is 29.5. The minimum absolute atomic E-state index is 0.00337. The van der Waals surface area contributed by atoms with Gasteiger partial charge in [-0.2, -0.15) is 0 Å². The molecule has 0 aromatic carbocycles. The molecule has 17 nitrogen and oxygen atoms in total. The Hall–Kier alpha value is -1.39. The average molecular weight is 899 g/mol. The van der Waals surface area contributed by atoms with Gasteiger partial charge in [-0.25, -0.2) is 0 Å². The van der Waals surface area contributed by atoms with E-state index in [0.29, 0.717) is 19.3 Å². The van der Waals surface area contributed by atoms with Gasteiger partial charge in [0.25, 0.3) is 0 Å². The molecule has 5 aliphatic carbocycles. The van der Waals surface area contributed by atoms with Crippen LogP contribution in [0.2, 0.25) is 0 Å². The van der Waals surface area contributed by atoms with E-state index in [4.69, 9.17) is 28.4 Å². The van der Waals surface area contributed by atoms with Crippen molar-refractivity contribution in [1.29, 1.82) is 0 Å². The van der Waals surface area contributed by atoms with Gasteiger partial charge in [0.1, 0.15) is 61.0 Å². The first-order valence-electron chi connectivity index (χ1n) is 23.3. The van der Waals surface area contributed by atoms with Crippen LogP contribution >= 0.6 is 0 Å².